The van der Waals surface area contributed by atoms with Gasteiger partial charge in [-0.1, -0.05) is 30.4 Å². The molecule has 2 rings (SSSR count). The predicted molar refractivity (Wildman–Crippen MR) is 71.3 cm³/mol. The van der Waals surface area contributed by atoms with E-state index in [4.69, 9.17) is 0 Å². The third-order valence-corrected chi connectivity index (χ3v) is 4.06. The summed E-state index contributed by atoms with van der Waals surface area (Å²) in [6.07, 6.45) is 2.87. The number of fused-ring (bicyclic) bond motifs is 1. The van der Waals surface area contributed by atoms with Gasteiger partial charge in [-0.05, 0) is 19.4 Å². The molecule has 0 spiro atoms. The fourth-order valence-corrected chi connectivity index (χ4v) is 3.29. The van der Waals surface area contributed by atoms with Gasteiger partial charge in [-0.15, -0.1) is 0 Å². The SMILES string of the molecule is CCCc1sc2ccccc2[n+]1CCC(C)=O. The van der Waals surface area contributed by atoms with Crippen LogP contribution in [0.15, 0.2) is 24.3 Å². The zero-order valence-electron chi connectivity index (χ0n) is 10.4. The smallest absolute Gasteiger partial charge is 0.238 e. The lowest BCUT2D eigenvalue weighted by Crippen LogP contribution is -2.37. The number of nitrogens with zero attached hydrogens (tertiary/aromatic N) is 1. The van der Waals surface area contributed by atoms with Crippen molar-refractivity contribution in [3.63, 3.8) is 0 Å². The van der Waals surface area contributed by atoms with Crippen LogP contribution in [0.2, 0.25) is 0 Å². The van der Waals surface area contributed by atoms with Crippen LogP contribution < -0.4 is 4.57 Å². The minimum absolute atomic E-state index is 0.259. The number of carbonyl (C=O) groups excluding carboxylic acids is 1. The number of carbonyl (C=O) groups is 1. The number of benzene rings is 1. The molecule has 0 bridgehead atoms. The van der Waals surface area contributed by atoms with Gasteiger partial charge in [-0.3, -0.25) is 4.79 Å². The lowest BCUT2D eigenvalue weighted by Gasteiger charge is -1.96. The number of rotatable bonds is 5. The highest BCUT2D eigenvalue weighted by molar-refractivity contribution is 7.18. The number of hydrogen-bond donors (Lipinski definition) is 0. The maximum absolute atomic E-state index is 11.1. The molecule has 0 aliphatic heterocycles. The van der Waals surface area contributed by atoms with E-state index < -0.39 is 0 Å². The summed E-state index contributed by atoms with van der Waals surface area (Å²) >= 11 is 1.85. The Morgan fingerprint density at radius 2 is 2.12 bits per heavy atom. The highest BCUT2D eigenvalue weighted by Gasteiger charge is 2.19. The Morgan fingerprint density at radius 3 is 2.82 bits per heavy atom. The first-order chi connectivity index (χ1) is 8.22. The van der Waals surface area contributed by atoms with E-state index >= 15 is 0 Å². The van der Waals surface area contributed by atoms with E-state index in [1.807, 2.05) is 11.3 Å². The van der Waals surface area contributed by atoms with E-state index in [0.717, 1.165) is 19.4 Å². The molecule has 17 heavy (non-hydrogen) atoms. The number of thiazole rings is 1. The van der Waals surface area contributed by atoms with Crippen molar-refractivity contribution in [2.24, 2.45) is 0 Å². The van der Waals surface area contributed by atoms with Gasteiger partial charge in [0.1, 0.15) is 10.5 Å². The van der Waals surface area contributed by atoms with Crippen molar-refractivity contribution in [3.8, 4) is 0 Å². The number of Topliss-reactive ketones (excluding diaryl/α,β-unsaturated/α-hetero) is 1. The molecular formula is C14H18NOS+. The van der Waals surface area contributed by atoms with E-state index in [2.05, 4.69) is 35.8 Å². The van der Waals surface area contributed by atoms with E-state index in [9.17, 15) is 4.79 Å². The van der Waals surface area contributed by atoms with Crippen molar-refractivity contribution in [2.75, 3.05) is 0 Å². The molecule has 0 aliphatic carbocycles. The van der Waals surface area contributed by atoms with Crippen molar-refractivity contribution in [1.29, 1.82) is 0 Å². The number of hydrogen-bond acceptors (Lipinski definition) is 2. The monoisotopic (exact) mass is 248 g/mol. The van der Waals surface area contributed by atoms with Gasteiger partial charge in [0.15, 0.2) is 6.54 Å². The van der Waals surface area contributed by atoms with E-state index in [1.165, 1.54) is 15.2 Å². The average Bonchev–Trinajstić information content (AvgIpc) is 2.64. The zero-order valence-corrected chi connectivity index (χ0v) is 11.2. The van der Waals surface area contributed by atoms with Crippen LogP contribution in [-0.2, 0) is 17.8 Å². The molecule has 2 nitrogen and oxygen atoms in total. The van der Waals surface area contributed by atoms with Gasteiger partial charge >= 0.3 is 0 Å². The molecule has 3 heteroatoms. The first kappa shape index (κ1) is 12.2. The standard InChI is InChI=1S/C14H18NOS/c1-3-6-14-15(10-9-11(2)16)12-7-4-5-8-13(12)17-14/h4-5,7-8H,3,6,9-10H2,1-2H3/q+1. The van der Waals surface area contributed by atoms with Gasteiger partial charge in [-0.2, -0.15) is 4.57 Å². The Labute approximate surface area is 106 Å². The predicted octanol–water partition coefficient (Wildman–Crippen LogP) is 3.12. The molecular weight excluding hydrogens is 230 g/mol. The number of aryl methyl sites for hydroxylation is 2. The Morgan fingerprint density at radius 1 is 1.35 bits per heavy atom. The second kappa shape index (κ2) is 5.41. The molecule has 0 aliphatic rings. The third-order valence-electron chi connectivity index (χ3n) is 2.84. The molecule has 0 saturated heterocycles. The number of aromatic nitrogens is 1. The maximum atomic E-state index is 11.1. The van der Waals surface area contributed by atoms with Crippen LogP contribution in [0.5, 0.6) is 0 Å². The van der Waals surface area contributed by atoms with Gasteiger partial charge in [0.05, 0.1) is 6.42 Å². The highest BCUT2D eigenvalue weighted by Crippen LogP contribution is 2.21. The van der Waals surface area contributed by atoms with Crippen LogP contribution >= 0.6 is 11.3 Å². The third kappa shape index (κ3) is 2.72. The normalized spacial score (nSPS) is 10.9. The van der Waals surface area contributed by atoms with Gasteiger partial charge in [-0.25, -0.2) is 0 Å². The first-order valence-electron chi connectivity index (χ1n) is 6.12. The lowest BCUT2D eigenvalue weighted by atomic mass is 10.2. The summed E-state index contributed by atoms with van der Waals surface area (Å²) in [6, 6.07) is 8.44. The summed E-state index contributed by atoms with van der Waals surface area (Å²) in [5, 5.41) is 1.38. The summed E-state index contributed by atoms with van der Waals surface area (Å²) in [6.45, 7) is 4.67. The largest absolute Gasteiger partial charge is 0.300 e. The van der Waals surface area contributed by atoms with Crippen molar-refractivity contribution < 1.29 is 9.36 Å². The molecule has 0 fully saturated rings. The summed E-state index contributed by atoms with van der Waals surface area (Å²) in [4.78, 5) is 11.1. The summed E-state index contributed by atoms with van der Waals surface area (Å²) in [5.74, 6) is 0.259. The fourth-order valence-electron chi connectivity index (χ4n) is 2.00. The fraction of sp³-hybridized carbons (Fsp3) is 0.429. The second-order valence-corrected chi connectivity index (χ2v) is 5.43. The van der Waals surface area contributed by atoms with Crippen molar-refractivity contribution in [2.45, 2.75) is 39.7 Å². The molecule has 2 aromatic rings. The topological polar surface area (TPSA) is 20.9 Å². The lowest BCUT2D eigenvalue weighted by molar-refractivity contribution is -0.673. The molecule has 0 atom stereocenters. The van der Waals surface area contributed by atoms with E-state index in [0.29, 0.717) is 6.42 Å². The van der Waals surface area contributed by atoms with Gasteiger partial charge < -0.3 is 0 Å². The second-order valence-electron chi connectivity index (χ2n) is 4.32. The van der Waals surface area contributed by atoms with Gasteiger partial charge in [0.25, 0.3) is 0 Å². The molecule has 1 aromatic carbocycles. The molecule has 0 saturated carbocycles. The molecule has 0 N–H and O–H groups in total. The van der Waals surface area contributed by atoms with Gasteiger partial charge in [0.2, 0.25) is 10.5 Å². The molecule has 0 amide bonds. The van der Waals surface area contributed by atoms with Crippen LogP contribution in [0.3, 0.4) is 0 Å². The highest BCUT2D eigenvalue weighted by atomic mass is 32.1. The maximum Gasteiger partial charge on any atom is 0.238 e. The minimum atomic E-state index is 0.259. The molecule has 1 heterocycles. The first-order valence-corrected chi connectivity index (χ1v) is 6.93. The Balaban J connectivity index is 2.40. The molecule has 1 aromatic heterocycles. The molecule has 90 valence electrons. The van der Waals surface area contributed by atoms with E-state index in [-0.39, 0.29) is 5.78 Å². The van der Waals surface area contributed by atoms with Crippen LogP contribution in [0.25, 0.3) is 10.2 Å². The van der Waals surface area contributed by atoms with Crippen molar-refractivity contribution in [1.82, 2.24) is 0 Å². The number of ketones is 1. The van der Waals surface area contributed by atoms with Crippen molar-refractivity contribution >= 4 is 27.3 Å². The van der Waals surface area contributed by atoms with Gasteiger partial charge in [0, 0.05) is 12.5 Å². The average molecular weight is 248 g/mol. The van der Waals surface area contributed by atoms with Crippen LogP contribution in [0.1, 0.15) is 31.7 Å². The quantitative estimate of drug-likeness (QED) is 0.745. The Bertz CT molecular complexity index is 530. The van der Waals surface area contributed by atoms with Crippen molar-refractivity contribution in [3.05, 3.63) is 29.3 Å². The zero-order chi connectivity index (χ0) is 12.3. The summed E-state index contributed by atoms with van der Waals surface area (Å²) in [7, 11) is 0. The molecule has 0 unspecified atom stereocenters. The summed E-state index contributed by atoms with van der Waals surface area (Å²) in [5.41, 5.74) is 1.27. The summed E-state index contributed by atoms with van der Waals surface area (Å²) < 4.78 is 3.63. The Kier molecular flexibility index (Phi) is 3.89. The van der Waals surface area contributed by atoms with Crippen LogP contribution in [0, 0.1) is 0 Å². The Hall–Kier alpha value is -1.22. The molecule has 0 radical (unpaired) electrons. The van der Waals surface area contributed by atoms with Crippen LogP contribution in [0.4, 0.5) is 0 Å². The minimum Gasteiger partial charge on any atom is -0.300 e. The van der Waals surface area contributed by atoms with E-state index in [1.54, 1.807) is 6.92 Å². The van der Waals surface area contributed by atoms with Crippen LogP contribution in [-0.4, -0.2) is 5.78 Å². The number of para-hydroxylation sites is 1.